The fourth-order valence-electron chi connectivity index (χ4n) is 4.38. The van der Waals surface area contributed by atoms with E-state index in [-0.39, 0.29) is 11.3 Å². The Morgan fingerprint density at radius 2 is 1.65 bits per heavy atom. The third-order valence-corrected chi connectivity index (χ3v) is 6.44. The van der Waals surface area contributed by atoms with Crippen molar-refractivity contribution in [3.05, 3.63) is 70.8 Å². The summed E-state index contributed by atoms with van der Waals surface area (Å²) in [4.78, 5) is 29.2. The third-order valence-electron chi connectivity index (χ3n) is 6.44. The van der Waals surface area contributed by atoms with Gasteiger partial charge in [0.05, 0.1) is 32.3 Å². The lowest BCUT2D eigenvalue weighted by molar-refractivity contribution is -0.896. The van der Waals surface area contributed by atoms with Crippen LogP contribution in [0.5, 0.6) is 5.75 Å². The molecule has 182 valence electrons. The van der Waals surface area contributed by atoms with Gasteiger partial charge in [-0.3, -0.25) is 9.59 Å². The van der Waals surface area contributed by atoms with Crippen molar-refractivity contribution in [1.82, 2.24) is 4.90 Å². The molecule has 0 aromatic heterocycles. The summed E-state index contributed by atoms with van der Waals surface area (Å²) in [7, 11) is 0. The molecule has 0 radical (unpaired) electrons. The lowest BCUT2D eigenvalue weighted by atomic mass is 9.95. The SMILES string of the molecule is CCCOc1ccc(C2C(=C([O-])c3ccc(C)cc3)C(=O)C(=O)N2CCC[NH+](CC)CC)cc1. The van der Waals surface area contributed by atoms with Gasteiger partial charge < -0.3 is 19.6 Å². The molecule has 1 saturated heterocycles. The molecule has 2 aromatic carbocycles. The second-order valence-corrected chi connectivity index (χ2v) is 8.82. The van der Waals surface area contributed by atoms with Crippen molar-refractivity contribution < 1.29 is 24.3 Å². The fourth-order valence-corrected chi connectivity index (χ4v) is 4.38. The minimum atomic E-state index is -0.697. The monoisotopic (exact) mass is 464 g/mol. The number of ketones is 1. The number of likely N-dealkylation sites (tertiary alicyclic amines) is 1. The summed E-state index contributed by atoms with van der Waals surface area (Å²) in [5.41, 5.74) is 2.22. The molecule has 2 aromatic rings. The van der Waals surface area contributed by atoms with Gasteiger partial charge in [0.25, 0.3) is 5.91 Å². The van der Waals surface area contributed by atoms with E-state index < -0.39 is 17.7 Å². The quantitative estimate of drug-likeness (QED) is 0.315. The second-order valence-electron chi connectivity index (χ2n) is 8.82. The number of rotatable bonds is 11. The van der Waals surface area contributed by atoms with E-state index >= 15 is 0 Å². The summed E-state index contributed by atoms with van der Waals surface area (Å²) in [6.45, 7) is 12.2. The Bertz CT molecular complexity index is 1010. The van der Waals surface area contributed by atoms with Crippen molar-refractivity contribution in [2.75, 3.05) is 32.8 Å². The molecule has 1 unspecified atom stereocenters. The highest BCUT2D eigenvalue weighted by molar-refractivity contribution is 6.46. The van der Waals surface area contributed by atoms with Crippen molar-refractivity contribution in [3.63, 3.8) is 0 Å². The Kier molecular flexibility index (Phi) is 8.88. The molecule has 6 heteroatoms. The van der Waals surface area contributed by atoms with Gasteiger partial charge in [0, 0.05) is 18.5 Å². The van der Waals surface area contributed by atoms with Crippen LogP contribution in [0.2, 0.25) is 0 Å². The van der Waals surface area contributed by atoms with Crippen LogP contribution >= 0.6 is 0 Å². The zero-order valence-electron chi connectivity index (χ0n) is 20.7. The van der Waals surface area contributed by atoms with Crippen molar-refractivity contribution in [3.8, 4) is 5.75 Å². The standard InChI is InChI=1S/C28H36N2O4/c1-5-19-34-23-15-13-21(14-16-23)25-24(26(31)22-11-9-20(4)10-12-22)27(32)28(33)30(25)18-8-17-29(6-2)7-3/h9-16,25,31H,5-8,17-19H2,1-4H3. The molecule has 1 heterocycles. The van der Waals surface area contributed by atoms with Crippen LogP contribution in [0.15, 0.2) is 54.1 Å². The number of carbonyl (C=O) groups is 2. The summed E-state index contributed by atoms with van der Waals surface area (Å²) < 4.78 is 5.69. The zero-order valence-corrected chi connectivity index (χ0v) is 20.7. The maximum atomic E-state index is 13.5. The molecule has 1 aliphatic heterocycles. The van der Waals surface area contributed by atoms with Gasteiger partial charge in [0.1, 0.15) is 5.75 Å². The molecule has 1 N–H and O–H groups in total. The Labute approximate surface area is 202 Å². The topological polar surface area (TPSA) is 74.1 Å². The van der Waals surface area contributed by atoms with Gasteiger partial charge in [-0.05, 0) is 50.5 Å². The van der Waals surface area contributed by atoms with Gasteiger partial charge in [0.2, 0.25) is 5.78 Å². The van der Waals surface area contributed by atoms with Gasteiger partial charge in [-0.25, -0.2) is 0 Å². The first kappa shape index (κ1) is 25.5. The molecule has 1 fully saturated rings. The van der Waals surface area contributed by atoms with Crippen LogP contribution in [0.25, 0.3) is 5.76 Å². The van der Waals surface area contributed by atoms with Crippen LogP contribution in [0, 0.1) is 6.92 Å². The summed E-state index contributed by atoms with van der Waals surface area (Å²) in [5.74, 6) is -0.950. The van der Waals surface area contributed by atoms with Gasteiger partial charge in [-0.1, -0.05) is 54.6 Å². The molecular weight excluding hydrogens is 428 g/mol. The fraction of sp³-hybridized carbons (Fsp3) is 0.429. The first-order valence-electron chi connectivity index (χ1n) is 12.3. The Balaban J connectivity index is 1.99. The highest BCUT2D eigenvalue weighted by atomic mass is 16.5. The minimum Gasteiger partial charge on any atom is -0.872 e. The van der Waals surface area contributed by atoms with E-state index in [1.807, 2.05) is 50.2 Å². The lowest BCUT2D eigenvalue weighted by Gasteiger charge is -2.28. The predicted molar refractivity (Wildman–Crippen MR) is 131 cm³/mol. The molecule has 3 rings (SSSR count). The lowest BCUT2D eigenvalue weighted by Crippen LogP contribution is -3.11. The van der Waals surface area contributed by atoms with Crippen LogP contribution in [0.3, 0.4) is 0 Å². The van der Waals surface area contributed by atoms with Crippen molar-refractivity contribution in [2.45, 2.75) is 46.6 Å². The van der Waals surface area contributed by atoms with E-state index in [2.05, 4.69) is 13.8 Å². The van der Waals surface area contributed by atoms with Crippen molar-refractivity contribution in [1.29, 1.82) is 0 Å². The van der Waals surface area contributed by atoms with Crippen LogP contribution in [0.1, 0.15) is 56.3 Å². The Morgan fingerprint density at radius 3 is 2.24 bits per heavy atom. The molecule has 1 aliphatic rings. The number of quaternary nitrogens is 1. The molecule has 0 saturated carbocycles. The number of benzene rings is 2. The second kappa shape index (κ2) is 11.8. The molecule has 1 amide bonds. The molecule has 0 bridgehead atoms. The largest absolute Gasteiger partial charge is 0.872 e. The average molecular weight is 465 g/mol. The number of hydrogen-bond acceptors (Lipinski definition) is 4. The normalized spacial score (nSPS) is 17.6. The highest BCUT2D eigenvalue weighted by Gasteiger charge is 2.44. The van der Waals surface area contributed by atoms with E-state index in [1.54, 1.807) is 17.0 Å². The maximum Gasteiger partial charge on any atom is 0.295 e. The number of hydrogen-bond donors (Lipinski definition) is 1. The Morgan fingerprint density at radius 1 is 1.00 bits per heavy atom. The summed E-state index contributed by atoms with van der Waals surface area (Å²) in [5, 5.41) is 13.5. The maximum absolute atomic E-state index is 13.5. The van der Waals surface area contributed by atoms with Crippen molar-refractivity contribution in [2.24, 2.45) is 0 Å². The number of aryl methyl sites for hydroxylation is 1. The minimum absolute atomic E-state index is 0.0336. The number of Topliss-reactive ketones (excluding diaryl/α,β-unsaturated/α-hetero) is 1. The summed E-state index contributed by atoms with van der Waals surface area (Å²) in [6, 6.07) is 13.8. The van der Waals surface area contributed by atoms with Gasteiger partial charge >= 0.3 is 0 Å². The number of ether oxygens (including phenoxy) is 1. The van der Waals surface area contributed by atoms with Crippen LogP contribution in [0.4, 0.5) is 0 Å². The number of carbonyl (C=O) groups excluding carboxylic acids is 2. The number of nitrogens with zero attached hydrogens (tertiary/aromatic N) is 1. The highest BCUT2D eigenvalue weighted by Crippen LogP contribution is 2.39. The van der Waals surface area contributed by atoms with Gasteiger partial charge in [0.15, 0.2) is 0 Å². The predicted octanol–water partition coefficient (Wildman–Crippen LogP) is 2.32. The molecule has 1 atom stereocenters. The molecule has 0 spiro atoms. The van der Waals surface area contributed by atoms with Crippen LogP contribution in [-0.4, -0.2) is 49.4 Å². The van der Waals surface area contributed by atoms with Crippen molar-refractivity contribution >= 4 is 17.4 Å². The van der Waals surface area contributed by atoms with E-state index in [1.165, 1.54) is 4.90 Å². The Hall–Kier alpha value is -3.12. The van der Waals surface area contributed by atoms with Gasteiger partial charge in [-0.2, -0.15) is 0 Å². The third kappa shape index (κ3) is 5.68. The molecule has 6 nitrogen and oxygen atoms in total. The molecular formula is C28H36N2O4. The molecule has 0 aliphatic carbocycles. The smallest absolute Gasteiger partial charge is 0.295 e. The van der Waals surface area contributed by atoms with Crippen LogP contribution in [-0.2, 0) is 9.59 Å². The first-order chi connectivity index (χ1) is 16.4. The number of nitrogens with one attached hydrogen (secondary N) is 1. The average Bonchev–Trinajstić information content (AvgIpc) is 3.10. The summed E-state index contributed by atoms with van der Waals surface area (Å²) in [6.07, 6.45) is 1.66. The number of amides is 1. The first-order valence-corrected chi connectivity index (χ1v) is 12.3. The summed E-state index contributed by atoms with van der Waals surface area (Å²) >= 11 is 0. The van der Waals surface area contributed by atoms with E-state index in [0.717, 1.165) is 49.4 Å². The van der Waals surface area contributed by atoms with Crippen LogP contribution < -0.4 is 14.7 Å². The van der Waals surface area contributed by atoms with E-state index in [9.17, 15) is 14.7 Å². The molecule has 34 heavy (non-hydrogen) atoms. The van der Waals surface area contributed by atoms with Gasteiger partial charge in [-0.15, -0.1) is 0 Å². The van der Waals surface area contributed by atoms with E-state index in [0.29, 0.717) is 18.7 Å². The zero-order chi connectivity index (χ0) is 24.7. The van der Waals surface area contributed by atoms with E-state index in [4.69, 9.17) is 4.74 Å².